The summed E-state index contributed by atoms with van der Waals surface area (Å²) in [6.07, 6.45) is 1.98. The monoisotopic (exact) mass is 260 g/mol. The third-order valence-corrected chi connectivity index (χ3v) is 3.60. The van der Waals surface area contributed by atoms with Crippen LogP contribution in [0.5, 0.6) is 11.5 Å². The van der Waals surface area contributed by atoms with E-state index in [1.165, 1.54) is 0 Å². The van der Waals surface area contributed by atoms with Gasteiger partial charge in [-0.1, -0.05) is 30.4 Å². The van der Waals surface area contributed by atoms with Crippen molar-refractivity contribution in [2.24, 2.45) is 0 Å². The van der Waals surface area contributed by atoms with E-state index in [1.807, 2.05) is 60.9 Å². The number of benzene rings is 2. The van der Waals surface area contributed by atoms with E-state index in [0.717, 1.165) is 21.3 Å². The van der Waals surface area contributed by atoms with Crippen LogP contribution in [0.25, 0.3) is 0 Å². The van der Waals surface area contributed by atoms with E-state index >= 15 is 0 Å². The van der Waals surface area contributed by atoms with Crippen LogP contribution in [0.3, 0.4) is 0 Å². The molecule has 2 aromatic carbocycles. The van der Waals surface area contributed by atoms with Crippen LogP contribution in [0.15, 0.2) is 54.6 Å². The Bertz CT molecular complexity index is 491. The lowest BCUT2D eigenvalue weighted by molar-refractivity contribution is 0.482. The fraction of sp³-hybridized carbons (Fsp3) is 0.0714. The Morgan fingerprint density at radius 2 is 1.53 bits per heavy atom. The summed E-state index contributed by atoms with van der Waals surface area (Å²) in [6, 6.07) is 17.6. The zero-order valence-electron chi connectivity index (χ0n) is 9.42. The summed E-state index contributed by atoms with van der Waals surface area (Å²) < 4.78 is 6.60. The summed E-state index contributed by atoms with van der Waals surface area (Å²) in [5.41, 5.74) is 1.06. The van der Waals surface area contributed by atoms with Gasteiger partial charge in [0.2, 0.25) is 0 Å². The Morgan fingerprint density at radius 1 is 0.941 bits per heavy atom. The molecular formula is C14H12OS2. The SMILES string of the molecule is CSC(=S)c1ccc(Oc2ccccc2)cc1. The van der Waals surface area contributed by atoms with Crippen LogP contribution in [-0.4, -0.2) is 10.5 Å². The minimum Gasteiger partial charge on any atom is -0.457 e. The molecule has 0 amide bonds. The molecule has 0 radical (unpaired) electrons. The van der Waals surface area contributed by atoms with Gasteiger partial charge in [-0.25, -0.2) is 0 Å². The van der Waals surface area contributed by atoms with Gasteiger partial charge in [-0.05, 0) is 48.2 Å². The molecule has 2 rings (SSSR count). The molecule has 0 atom stereocenters. The third kappa shape index (κ3) is 3.32. The van der Waals surface area contributed by atoms with Crippen LogP contribution in [0.1, 0.15) is 5.56 Å². The number of rotatable bonds is 3. The van der Waals surface area contributed by atoms with E-state index in [0.29, 0.717) is 0 Å². The van der Waals surface area contributed by atoms with Gasteiger partial charge in [0.1, 0.15) is 11.5 Å². The largest absolute Gasteiger partial charge is 0.457 e. The van der Waals surface area contributed by atoms with Crippen LogP contribution < -0.4 is 4.74 Å². The molecule has 0 spiro atoms. The van der Waals surface area contributed by atoms with Crippen molar-refractivity contribution < 1.29 is 4.74 Å². The molecule has 0 aliphatic rings. The highest BCUT2D eigenvalue weighted by atomic mass is 32.2. The highest BCUT2D eigenvalue weighted by Crippen LogP contribution is 2.22. The number of thioether (sulfide) groups is 1. The lowest BCUT2D eigenvalue weighted by Gasteiger charge is -2.06. The van der Waals surface area contributed by atoms with Crippen molar-refractivity contribution in [1.82, 2.24) is 0 Å². The summed E-state index contributed by atoms with van der Waals surface area (Å²) >= 11 is 6.80. The van der Waals surface area contributed by atoms with Crippen molar-refractivity contribution >= 4 is 28.2 Å². The lowest BCUT2D eigenvalue weighted by atomic mass is 10.2. The predicted molar refractivity (Wildman–Crippen MR) is 78.2 cm³/mol. The number of ether oxygens (including phenoxy) is 1. The van der Waals surface area contributed by atoms with Crippen LogP contribution in [0.2, 0.25) is 0 Å². The molecule has 0 bridgehead atoms. The van der Waals surface area contributed by atoms with Crippen molar-refractivity contribution in [2.75, 3.05) is 6.26 Å². The van der Waals surface area contributed by atoms with Crippen molar-refractivity contribution in [3.05, 3.63) is 60.2 Å². The van der Waals surface area contributed by atoms with Crippen molar-refractivity contribution in [3.63, 3.8) is 0 Å². The number of hydrogen-bond acceptors (Lipinski definition) is 3. The van der Waals surface area contributed by atoms with E-state index in [2.05, 4.69) is 0 Å². The van der Waals surface area contributed by atoms with Gasteiger partial charge < -0.3 is 4.74 Å². The van der Waals surface area contributed by atoms with Gasteiger partial charge in [0.15, 0.2) is 0 Å². The molecule has 0 N–H and O–H groups in total. The maximum atomic E-state index is 5.70. The van der Waals surface area contributed by atoms with Crippen LogP contribution in [0.4, 0.5) is 0 Å². The first-order chi connectivity index (χ1) is 8.29. The van der Waals surface area contributed by atoms with Gasteiger partial charge in [0, 0.05) is 0 Å². The third-order valence-electron chi connectivity index (χ3n) is 2.25. The second kappa shape index (κ2) is 5.84. The highest BCUT2D eigenvalue weighted by Gasteiger charge is 2.00. The maximum Gasteiger partial charge on any atom is 0.127 e. The fourth-order valence-electron chi connectivity index (χ4n) is 1.40. The Balaban J connectivity index is 2.11. The van der Waals surface area contributed by atoms with Crippen LogP contribution in [0, 0.1) is 0 Å². The minimum absolute atomic E-state index is 0.823. The molecule has 17 heavy (non-hydrogen) atoms. The van der Waals surface area contributed by atoms with E-state index in [9.17, 15) is 0 Å². The standard InChI is InChI=1S/C14H12OS2/c1-17-14(16)11-7-9-13(10-8-11)15-12-5-3-2-4-6-12/h2-10H,1H3. The maximum absolute atomic E-state index is 5.70. The van der Waals surface area contributed by atoms with Gasteiger partial charge in [-0.3, -0.25) is 0 Å². The van der Waals surface area contributed by atoms with Gasteiger partial charge >= 0.3 is 0 Å². The van der Waals surface area contributed by atoms with Crippen molar-refractivity contribution in [1.29, 1.82) is 0 Å². The zero-order chi connectivity index (χ0) is 12.1. The molecule has 3 heteroatoms. The first kappa shape index (κ1) is 12.1. The van der Waals surface area contributed by atoms with Crippen LogP contribution >= 0.6 is 24.0 Å². The number of hydrogen-bond donors (Lipinski definition) is 0. The Hall–Kier alpha value is -1.32. The van der Waals surface area contributed by atoms with Crippen molar-refractivity contribution in [3.8, 4) is 11.5 Å². The molecule has 0 unspecified atom stereocenters. The normalized spacial score (nSPS) is 9.94. The van der Waals surface area contributed by atoms with E-state index in [-0.39, 0.29) is 0 Å². The topological polar surface area (TPSA) is 9.23 Å². The molecule has 0 saturated heterocycles. The average Bonchev–Trinajstić information content (AvgIpc) is 2.40. The van der Waals surface area contributed by atoms with Crippen molar-refractivity contribution in [2.45, 2.75) is 0 Å². The van der Waals surface area contributed by atoms with Crippen LogP contribution in [-0.2, 0) is 0 Å². The second-order valence-electron chi connectivity index (χ2n) is 3.43. The zero-order valence-corrected chi connectivity index (χ0v) is 11.1. The lowest BCUT2D eigenvalue weighted by Crippen LogP contribution is -1.90. The molecule has 1 nitrogen and oxygen atoms in total. The number of thiocarbonyl (C=S) groups is 1. The van der Waals surface area contributed by atoms with E-state index < -0.39 is 0 Å². The molecule has 0 fully saturated rings. The first-order valence-corrected chi connectivity index (χ1v) is 6.84. The summed E-state index contributed by atoms with van der Waals surface area (Å²) in [6.45, 7) is 0. The average molecular weight is 260 g/mol. The molecule has 0 heterocycles. The summed E-state index contributed by atoms with van der Waals surface area (Å²) in [7, 11) is 0. The Morgan fingerprint density at radius 3 is 2.12 bits per heavy atom. The molecule has 0 saturated carbocycles. The van der Waals surface area contributed by atoms with Gasteiger partial charge in [0.05, 0.1) is 4.20 Å². The summed E-state index contributed by atoms with van der Waals surface area (Å²) in [5, 5.41) is 0. The molecule has 0 aliphatic carbocycles. The Labute approximate surface area is 111 Å². The van der Waals surface area contributed by atoms with E-state index in [4.69, 9.17) is 17.0 Å². The van der Waals surface area contributed by atoms with Gasteiger partial charge in [0.25, 0.3) is 0 Å². The molecule has 86 valence electrons. The second-order valence-corrected chi connectivity index (χ2v) is 4.91. The smallest absolute Gasteiger partial charge is 0.127 e. The molecule has 2 aromatic rings. The highest BCUT2D eigenvalue weighted by molar-refractivity contribution is 8.23. The fourth-order valence-corrected chi connectivity index (χ4v) is 1.91. The van der Waals surface area contributed by atoms with Gasteiger partial charge in [-0.15, -0.1) is 11.8 Å². The molecule has 0 aliphatic heterocycles. The Kier molecular flexibility index (Phi) is 4.18. The number of para-hydroxylation sites is 1. The minimum atomic E-state index is 0.823. The summed E-state index contributed by atoms with van der Waals surface area (Å²) in [4.78, 5) is 0. The van der Waals surface area contributed by atoms with E-state index in [1.54, 1.807) is 11.8 Å². The summed E-state index contributed by atoms with van der Waals surface area (Å²) in [5.74, 6) is 1.66. The quantitative estimate of drug-likeness (QED) is 0.751. The first-order valence-electron chi connectivity index (χ1n) is 5.21. The molecular weight excluding hydrogens is 248 g/mol. The molecule has 0 aromatic heterocycles. The predicted octanol–water partition coefficient (Wildman–Crippen LogP) is 4.52. The van der Waals surface area contributed by atoms with Gasteiger partial charge in [-0.2, -0.15) is 0 Å².